The van der Waals surface area contributed by atoms with Crippen LogP contribution in [0.5, 0.6) is 5.75 Å². The third kappa shape index (κ3) is 4.13. The van der Waals surface area contributed by atoms with E-state index in [0.717, 1.165) is 27.2 Å². The van der Waals surface area contributed by atoms with Crippen LogP contribution in [0.3, 0.4) is 0 Å². The van der Waals surface area contributed by atoms with Crippen LogP contribution < -0.4 is 10.2 Å². The highest BCUT2D eigenvalue weighted by atomic mass is 19.1. The van der Waals surface area contributed by atoms with E-state index in [1.807, 2.05) is 71.4 Å². The van der Waals surface area contributed by atoms with Gasteiger partial charge in [-0.15, -0.1) is 0 Å². The number of ether oxygens (including phenoxy) is 1. The highest BCUT2D eigenvalue weighted by Crippen LogP contribution is 2.26. The van der Waals surface area contributed by atoms with Crippen molar-refractivity contribution in [3.63, 3.8) is 0 Å². The lowest BCUT2D eigenvalue weighted by atomic mass is 10.1. The molecule has 5 rings (SSSR count). The normalized spacial score (nSPS) is 11.4. The van der Waals surface area contributed by atoms with E-state index in [9.17, 15) is 9.18 Å². The van der Waals surface area contributed by atoms with Crippen LogP contribution in [0.1, 0.15) is 21.5 Å². The van der Waals surface area contributed by atoms with Gasteiger partial charge in [0.25, 0.3) is 5.91 Å². The third-order valence-corrected chi connectivity index (χ3v) is 5.80. The van der Waals surface area contributed by atoms with Crippen LogP contribution in [-0.2, 0) is 6.54 Å². The molecule has 168 valence electrons. The SMILES string of the molecule is COc1cc2ccccc2cc1C(=O)N/N=C\c1cn(Cc2ccccc2F)c2ccccc12. The average molecular weight is 452 g/mol. The number of hydrogen-bond acceptors (Lipinski definition) is 3. The summed E-state index contributed by atoms with van der Waals surface area (Å²) in [4.78, 5) is 12.9. The minimum absolute atomic E-state index is 0.243. The summed E-state index contributed by atoms with van der Waals surface area (Å²) in [5, 5.41) is 7.08. The van der Waals surface area contributed by atoms with E-state index in [-0.39, 0.29) is 11.7 Å². The lowest BCUT2D eigenvalue weighted by molar-refractivity contribution is 0.0952. The Morgan fingerprint density at radius 3 is 2.50 bits per heavy atom. The van der Waals surface area contributed by atoms with E-state index in [1.165, 1.54) is 13.2 Å². The van der Waals surface area contributed by atoms with Crippen molar-refractivity contribution < 1.29 is 13.9 Å². The fourth-order valence-corrected chi connectivity index (χ4v) is 4.11. The number of para-hydroxylation sites is 1. The van der Waals surface area contributed by atoms with Crippen LogP contribution in [-0.4, -0.2) is 23.8 Å². The average Bonchev–Trinajstić information content (AvgIpc) is 3.22. The van der Waals surface area contributed by atoms with Gasteiger partial charge < -0.3 is 9.30 Å². The molecular formula is C28H22FN3O2. The van der Waals surface area contributed by atoms with E-state index in [1.54, 1.807) is 24.4 Å². The third-order valence-electron chi connectivity index (χ3n) is 5.80. The second-order valence-corrected chi connectivity index (χ2v) is 7.92. The minimum atomic E-state index is -0.367. The van der Waals surface area contributed by atoms with Gasteiger partial charge in [-0.05, 0) is 35.0 Å². The fraction of sp³-hybridized carbons (Fsp3) is 0.0714. The lowest BCUT2D eigenvalue weighted by Gasteiger charge is -2.09. The number of fused-ring (bicyclic) bond motifs is 2. The molecule has 5 aromatic rings. The van der Waals surface area contributed by atoms with Crippen molar-refractivity contribution in [1.29, 1.82) is 0 Å². The number of nitrogens with zero attached hydrogens (tertiary/aromatic N) is 2. The van der Waals surface area contributed by atoms with Gasteiger partial charge in [-0.2, -0.15) is 5.10 Å². The van der Waals surface area contributed by atoms with Crippen LogP contribution in [0.4, 0.5) is 4.39 Å². The van der Waals surface area contributed by atoms with Gasteiger partial charge in [0.2, 0.25) is 0 Å². The predicted molar refractivity (Wildman–Crippen MR) is 133 cm³/mol. The van der Waals surface area contributed by atoms with Crippen LogP contribution in [0.2, 0.25) is 0 Å². The molecule has 0 atom stereocenters. The Kier molecular flexibility index (Phi) is 5.79. The summed E-state index contributed by atoms with van der Waals surface area (Å²) >= 11 is 0. The molecule has 0 unspecified atom stereocenters. The monoisotopic (exact) mass is 451 g/mol. The Bertz CT molecular complexity index is 1540. The Morgan fingerprint density at radius 2 is 1.71 bits per heavy atom. The second-order valence-electron chi connectivity index (χ2n) is 7.92. The zero-order valence-corrected chi connectivity index (χ0v) is 18.5. The molecule has 0 aliphatic heterocycles. The van der Waals surface area contributed by atoms with Crippen LogP contribution in [0.15, 0.2) is 96.2 Å². The minimum Gasteiger partial charge on any atom is -0.496 e. The number of carbonyl (C=O) groups is 1. The zero-order chi connectivity index (χ0) is 23.5. The number of hydrazone groups is 1. The molecule has 0 saturated carbocycles. The first-order chi connectivity index (χ1) is 16.6. The van der Waals surface area contributed by atoms with E-state index < -0.39 is 0 Å². The maximum absolute atomic E-state index is 14.2. The van der Waals surface area contributed by atoms with Crippen LogP contribution >= 0.6 is 0 Å². The van der Waals surface area contributed by atoms with Gasteiger partial charge in [-0.25, -0.2) is 9.82 Å². The Morgan fingerprint density at radius 1 is 1.00 bits per heavy atom. The van der Waals surface area contributed by atoms with Gasteiger partial charge in [-0.1, -0.05) is 60.7 Å². The molecule has 4 aromatic carbocycles. The van der Waals surface area contributed by atoms with E-state index in [2.05, 4.69) is 10.5 Å². The Labute approximate surface area is 196 Å². The number of hydrogen-bond donors (Lipinski definition) is 1. The number of aromatic nitrogens is 1. The molecule has 5 nitrogen and oxygen atoms in total. The predicted octanol–water partition coefficient (Wildman–Crippen LogP) is 5.75. The van der Waals surface area contributed by atoms with Crippen molar-refractivity contribution in [2.45, 2.75) is 6.54 Å². The highest BCUT2D eigenvalue weighted by Gasteiger charge is 2.14. The molecule has 0 fully saturated rings. The number of rotatable bonds is 6. The molecule has 0 aliphatic rings. The van der Waals surface area contributed by atoms with Crippen LogP contribution in [0.25, 0.3) is 21.7 Å². The van der Waals surface area contributed by atoms with Gasteiger partial charge >= 0.3 is 0 Å². The number of methoxy groups -OCH3 is 1. The number of halogens is 1. The van der Waals surface area contributed by atoms with E-state index >= 15 is 0 Å². The van der Waals surface area contributed by atoms with Gasteiger partial charge in [0, 0.05) is 28.2 Å². The molecule has 6 heteroatoms. The molecule has 1 aromatic heterocycles. The van der Waals surface area contributed by atoms with Gasteiger partial charge in [0.05, 0.1) is 25.4 Å². The topological polar surface area (TPSA) is 55.6 Å². The van der Waals surface area contributed by atoms with Crippen molar-refractivity contribution in [3.05, 3.63) is 114 Å². The van der Waals surface area contributed by atoms with E-state index in [0.29, 0.717) is 23.4 Å². The van der Waals surface area contributed by atoms with Gasteiger partial charge in [0.1, 0.15) is 11.6 Å². The van der Waals surface area contributed by atoms with Gasteiger partial charge in [0.15, 0.2) is 0 Å². The summed E-state index contributed by atoms with van der Waals surface area (Å²) in [6.45, 7) is 0.391. The summed E-state index contributed by atoms with van der Waals surface area (Å²) < 4.78 is 21.6. The van der Waals surface area contributed by atoms with Crippen molar-refractivity contribution in [1.82, 2.24) is 9.99 Å². The number of nitrogens with one attached hydrogen (secondary N) is 1. The molecule has 0 saturated heterocycles. The maximum Gasteiger partial charge on any atom is 0.275 e. The molecule has 0 bridgehead atoms. The number of benzene rings is 4. The quantitative estimate of drug-likeness (QED) is 0.264. The molecule has 1 heterocycles. The van der Waals surface area contributed by atoms with Crippen molar-refractivity contribution in [2.24, 2.45) is 5.10 Å². The molecule has 34 heavy (non-hydrogen) atoms. The first-order valence-electron chi connectivity index (χ1n) is 10.9. The Hall–Kier alpha value is -4.45. The molecule has 0 spiro atoms. The lowest BCUT2D eigenvalue weighted by Crippen LogP contribution is -2.18. The maximum atomic E-state index is 14.2. The largest absolute Gasteiger partial charge is 0.496 e. The van der Waals surface area contributed by atoms with Gasteiger partial charge in [-0.3, -0.25) is 4.79 Å². The molecule has 0 radical (unpaired) electrons. The first-order valence-corrected chi connectivity index (χ1v) is 10.9. The molecule has 1 N–H and O–H groups in total. The number of carbonyl (C=O) groups excluding carboxylic acids is 1. The molecule has 0 aliphatic carbocycles. The highest BCUT2D eigenvalue weighted by molar-refractivity contribution is 6.03. The summed E-state index contributed by atoms with van der Waals surface area (Å²) in [5.74, 6) is -0.131. The van der Waals surface area contributed by atoms with Crippen molar-refractivity contribution in [2.75, 3.05) is 7.11 Å². The standard InChI is InChI=1S/C28H22FN3O2/c1-34-27-15-20-9-3-2-8-19(20)14-24(27)28(33)31-30-16-22-18-32(26-13-7-5-11-23(22)26)17-21-10-4-6-12-25(21)29/h2-16,18H,17H2,1H3,(H,31,33)/b30-16-. The van der Waals surface area contributed by atoms with Crippen LogP contribution in [0, 0.1) is 5.82 Å². The molecular weight excluding hydrogens is 429 g/mol. The van der Waals surface area contributed by atoms with E-state index in [4.69, 9.17) is 4.74 Å². The fourth-order valence-electron chi connectivity index (χ4n) is 4.11. The smallest absolute Gasteiger partial charge is 0.275 e. The van der Waals surface area contributed by atoms with Crippen molar-refractivity contribution in [3.8, 4) is 5.75 Å². The summed E-state index contributed by atoms with van der Waals surface area (Å²) in [5.41, 5.74) is 5.38. The number of amides is 1. The second kappa shape index (κ2) is 9.19. The summed E-state index contributed by atoms with van der Waals surface area (Å²) in [7, 11) is 1.54. The first kappa shape index (κ1) is 21.4. The Balaban J connectivity index is 1.41. The summed E-state index contributed by atoms with van der Waals surface area (Å²) in [6.07, 6.45) is 3.51. The summed E-state index contributed by atoms with van der Waals surface area (Å²) in [6, 6.07) is 26.0. The molecule has 1 amide bonds. The van der Waals surface area contributed by atoms with Crippen molar-refractivity contribution >= 4 is 33.8 Å². The zero-order valence-electron chi connectivity index (χ0n) is 18.5.